The lowest BCUT2D eigenvalue weighted by atomic mass is 9.82. The van der Waals surface area contributed by atoms with Crippen molar-refractivity contribution in [1.82, 2.24) is 5.32 Å². The van der Waals surface area contributed by atoms with Crippen LogP contribution < -0.4 is 5.32 Å². The molecule has 0 spiro atoms. The lowest BCUT2D eigenvalue weighted by Gasteiger charge is -2.29. The lowest BCUT2D eigenvalue weighted by molar-refractivity contribution is 0.247. The Labute approximate surface area is 123 Å². The van der Waals surface area contributed by atoms with Crippen LogP contribution in [-0.2, 0) is 0 Å². The van der Waals surface area contributed by atoms with E-state index in [1.54, 1.807) is 0 Å². The van der Waals surface area contributed by atoms with E-state index in [0.717, 1.165) is 6.54 Å². The topological polar surface area (TPSA) is 12.0 Å². The predicted molar refractivity (Wildman–Crippen MR) is 89.0 cm³/mol. The van der Waals surface area contributed by atoms with Gasteiger partial charge in [-0.1, -0.05) is 64.1 Å². The fourth-order valence-electron chi connectivity index (χ4n) is 2.25. The minimum absolute atomic E-state index is 0.357. The van der Waals surface area contributed by atoms with Gasteiger partial charge in [-0.3, -0.25) is 0 Å². The molecule has 0 saturated heterocycles. The summed E-state index contributed by atoms with van der Waals surface area (Å²) in [4.78, 5) is 0. The highest BCUT2D eigenvalue weighted by Crippen LogP contribution is 2.26. The fraction of sp³-hybridized carbons (Fsp3) is 0.474. The van der Waals surface area contributed by atoms with E-state index in [4.69, 9.17) is 0 Å². The molecule has 1 heteroatoms. The van der Waals surface area contributed by atoms with Gasteiger partial charge < -0.3 is 5.32 Å². The van der Waals surface area contributed by atoms with Crippen molar-refractivity contribution in [3.8, 4) is 0 Å². The van der Waals surface area contributed by atoms with Crippen LogP contribution in [0.15, 0.2) is 42.5 Å². The third-order valence-corrected chi connectivity index (χ3v) is 4.48. The molecule has 2 aromatic rings. The Morgan fingerprint density at radius 3 is 2.25 bits per heavy atom. The Bertz CT molecular complexity index is 565. The largest absolute Gasteiger partial charge is 0.310 e. The smallest absolute Gasteiger partial charge is 0.0292 e. The van der Waals surface area contributed by atoms with Crippen LogP contribution >= 0.6 is 0 Å². The van der Waals surface area contributed by atoms with E-state index >= 15 is 0 Å². The zero-order valence-electron chi connectivity index (χ0n) is 13.4. The third-order valence-electron chi connectivity index (χ3n) is 4.48. The van der Waals surface area contributed by atoms with E-state index in [0.29, 0.717) is 17.4 Å². The second kappa shape index (κ2) is 5.97. The summed E-state index contributed by atoms with van der Waals surface area (Å²) in [6, 6.07) is 15.7. The first-order valence-electron chi connectivity index (χ1n) is 7.60. The molecule has 0 aliphatic rings. The molecular weight excluding hydrogens is 242 g/mol. The molecule has 0 heterocycles. The molecule has 2 rings (SSSR count). The van der Waals surface area contributed by atoms with Gasteiger partial charge in [-0.15, -0.1) is 0 Å². The van der Waals surface area contributed by atoms with Crippen LogP contribution in [0.4, 0.5) is 0 Å². The molecule has 0 radical (unpaired) electrons. The minimum atomic E-state index is 0.357. The molecule has 0 aromatic heterocycles. The van der Waals surface area contributed by atoms with Gasteiger partial charge in [0.05, 0.1) is 0 Å². The molecule has 20 heavy (non-hydrogen) atoms. The number of fused-ring (bicyclic) bond motifs is 1. The molecule has 0 saturated carbocycles. The standard InChI is InChI=1S/C19H27N/c1-14(19(3,4)5)13-20-15(2)17-11-10-16-8-6-7-9-18(16)12-17/h6-12,14-15,20H,13H2,1-5H3. The normalized spacial score (nSPS) is 15.2. The molecule has 1 nitrogen and oxygen atoms in total. The van der Waals surface area contributed by atoms with Crippen molar-refractivity contribution < 1.29 is 0 Å². The van der Waals surface area contributed by atoms with Gasteiger partial charge in [-0.05, 0) is 47.2 Å². The Morgan fingerprint density at radius 2 is 1.60 bits per heavy atom. The molecule has 0 amide bonds. The molecule has 2 atom stereocenters. The van der Waals surface area contributed by atoms with E-state index in [2.05, 4.69) is 82.4 Å². The van der Waals surface area contributed by atoms with Crippen LogP contribution in [0.5, 0.6) is 0 Å². The van der Waals surface area contributed by atoms with Gasteiger partial charge in [0.15, 0.2) is 0 Å². The average molecular weight is 269 g/mol. The summed E-state index contributed by atoms with van der Waals surface area (Å²) in [7, 11) is 0. The molecule has 2 unspecified atom stereocenters. The maximum absolute atomic E-state index is 3.67. The summed E-state index contributed by atoms with van der Waals surface area (Å²) < 4.78 is 0. The Hall–Kier alpha value is -1.34. The molecule has 0 aliphatic carbocycles. The molecular formula is C19H27N. The summed E-state index contributed by atoms with van der Waals surface area (Å²) in [5.41, 5.74) is 1.72. The quantitative estimate of drug-likeness (QED) is 0.807. The monoisotopic (exact) mass is 269 g/mol. The first kappa shape index (κ1) is 15.1. The zero-order chi connectivity index (χ0) is 14.8. The summed E-state index contributed by atoms with van der Waals surface area (Å²) in [5.74, 6) is 0.658. The van der Waals surface area contributed by atoms with Crippen molar-refractivity contribution in [3.05, 3.63) is 48.0 Å². The van der Waals surface area contributed by atoms with Crippen LogP contribution in [0.2, 0.25) is 0 Å². The summed E-state index contributed by atoms with van der Waals surface area (Å²) in [6.45, 7) is 12.5. The minimum Gasteiger partial charge on any atom is -0.310 e. The number of rotatable bonds is 4. The zero-order valence-corrected chi connectivity index (χ0v) is 13.4. The van der Waals surface area contributed by atoms with Crippen molar-refractivity contribution in [2.75, 3.05) is 6.54 Å². The number of benzene rings is 2. The van der Waals surface area contributed by atoms with E-state index in [1.807, 2.05) is 0 Å². The molecule has 0 fully saturated rings. The van der Waals surface area contributed by atoms with Gasteiger partial charge in [0.25, 0.3) is 0 Å². The van der Waals surface area contributed by atoms with E-state index in [-0.39, 0.29) is 0 Å². The summed E-state index contributed by atoms with van der Waals surface area (Å²) in [6.07, 6.45) is 0. The van der Waals surface area contributed by atoms with Crippen LogP contribution in [-0.4, -0.2) is 6.54 Å². The van der Waals surface area contributed by atoms with Gasteiger partial charge >= 0.3 is 0 Å². The predicted octanol–water partition coefficient (Wildman–Crippen LogP) is 5.17. The third kappa shape index (κ3) is 3.61. The first-order valence-corrected chi connectivity index (χ1v) is 7.60. The number of hydrogen-bond acceptors (Lipinski definition) is 1. The van der Waals surface area contributed by atoms with Gasteiger partial charge in [0.1, 0.15) is 0 Å². The van der Waals surface area contributed by atoms with Crippen molar-refractivity contribution in [2.45, 2.75) is 40.7 Å². The van der Waals surface area contributed by atoms with Gasteiger partial charge in [0, 0.05) is 6.04 Å². The van der Waals surface area contributed by atoms with E-state index < -0.39 is 0 Å². The van der Waals surface area contributed by atoms with E-state index in [1.165, 1.54) is 16.3 Å². The first-order chi connectivity index (χ1) is 9.38. The summed E-state index contributed by atoms with van der Waals surface area (Å²) in [5, 5.41) is 6.30. The number of nitrogens with one attached hydrogen (secondary N) is 1. The van der Waals surface area contributed by atoms with Crippen molar-refractivity contribution in [1.29, 1.82) is 0 Å². The second-order valence-electron chi connectivity index (χ2n) is 7.00. The lowest BCUT2D eigenvalue weighted by Crippen LogP contribution is -2.31. The van der Waals surface area contributed by atoms with Crippen molar-refractivity contribution >= 4 is 10.8 Å². The molecule has 0 bridgehead atoms. The maximum atomic E-state index is 3.67. The molecule has 108 valence electrons. The van der Waals surface area contributed by atoms with Crippen LogP contribution in [0.25, 0.3) is 10.8 Å². The van der Waals surface area contributed by atoms with E-state index in [9.17, 15) is 0 Å². The maximum Gasteiger partial charge on any atom is 0.0292 e. The fourth-order valence-corrected chi connectivity index (χ4v) is 2.25. The highest BCUT2D eigenvalue weighted by atomic mass is 14.9. The number of hydrogen-bond donors (Lipinski definition) is 1. The molecule has 2 aromatic carbocycles. The van der Waals surface area contributed by atoms with Crippen molar-refractivity contribution in [2.24, 2.45) is 11.3 Å². The second-order valence-corrected chi connectivity index (χ2v) is 7.00. The van der Waals surface area contributed by atoms with Crippen molar-refractivity contribution in [3.63, 3.8) is 0 Å². The molecule has 1 N–H and O–H groups in total. The van der Waals surface area contributed by atoms with Gasteiger partial charge in [-0.2, -0.15) is 0 Å². The highest BCUT2D eigenvalue weighted by Gasteiger charge is 2.20. The van der Waals surface area contributed by atoms with Gasteiger partial charge in [-0.25, -0.2) is 0 Å². The SMILES string of the molecule is CC(NCC(C)C(C)(C)C)c1ccc2ccccc2c1. The van der Waals surface area contributed by atoms with Crippen LogP contribution in [0.1, 0.15) is 46.2 Å². The Balaban J connectivity index is 2.06. The van der Waals surface area contributed by atoms with Crippen LogP contribution in [0, 0.1) is 11.3 Å². The highest BCUT2D eigenvalue weighted by molar-refractivity contribution is 5.83. The average Bonchev–Trinajstić information content (AvgIpc) is 2.42. The van der Waals surface area contributed by atoms with Crippen LogP contribution in [0.3, 0.4) is 0 Å². The van der Waals surface area contributed by atoms with Gasteiger partial charge in [0.2, 0.25) is 0 Å². The summed E-state index contributed by atoms with van der Waals surface area (Å²) >= 11 is 0. The molecule has 0 aliphatic heterocycles. The Kier molecular flexibility index (Phi) is 4.49. The Morgan fingerprint density at radius 1 is 0.950 bits per heavy atom.